The molecule has 8 heteroatoms. The zero-order valence-corrected chi connectivity index (χ0v) is 13.8. The highest BCUT2D eigenvalue weighted by Crippen LogP contribution is 2.40. The Bertz CT molecular complexity index is 856. The van der Waals surface area contributed by atoms with Crippen LogP contribution in [0.15, 0.2) is 46.8 Å². The molecule has 0 fully saturated rings. The van der Waals surface area contributed by atoms with E-state index in [4.69, 9.17) is 0 Å². The molecule has 0 saturated heterocycles. The standard InChI is InChI=1S/C17H17N3O5/c1-9-14(17(22)23)15(10-4-3-5-11(6-10)20(24)25)16-12(18-9)7-19(2)8-13(16)21/h3-6,15,18H,7-8H2,1-2H3,(H,22,23). The highest BCUT2D eigenvalue weighted by molar-refractivity contribution is 6.04. The quantitative estimate of drug-likeness (QED) is 0.630. The molecular formula is C17H17N3O5. The number of allylic oxidation sites excluding steroid dienone is 1. The molecule has 8 nitrogen and oxygen atoms in total. The molecule has 0 aromatic heterocycles. The largest absolute Gasteiger partial charge is 0.478 e. The lowest BCUT2D eigenvalue weighted by Gasteiger charge is -2.36. The van der Waals surface area contributed by atoms with E-state index in [9.17, 15) is 24.8 Å². The third-order valence-electron chi connectivity index (χ3n) is 4.43. The van der Waals surface area contributed by atoms with Crippen LogP contribution in [-0.2, 0) is 9.59 Å². The van der Waals surface area contributed by atoms with Crippen LogP contribution in [0.4, 0.5) is 5.69 Å². The minimum atomic E-state index is -1.15. The molecule has 1 aromatic carbocycles. The Hall–Kier alpha value is -3.00. The Labute approximate surface area is 143 Å². The number of nitro benzene ring substituents is 1. The number of hydrogen-bond acceptors (Lipinski definition) is 6. The minimum Gasteiger partial charge on any atom is -0.478 e. The zero-order valence-electron chi connectivity index (χ0n) is 13.8. The number of likely N-dealkylation sites (N-methyl/N-ethyl adjacent to an activating group) is 1. The number of nitro groups is 1. The molecule has 1 atom stereocenters. The fourth-order valence-electron chi connectivity index (χ4n) is 3.44. The predicted octanol–water partition coefficient (Wildman–Crippen LogP) is 1.41. The molecule has 0 aliphatic carbocycles. The number of nitrogens with zero attached hydrogens (tertiary/aromatic N) is 2. The van der Waals surface area contributed by atoms with E-state index in [1.54, 1.807) is 20.0 Å². The van der Waals surface area contributed by atoms with Gasteiger partial charge in [-0.3, -0.25) is 19.8 Å². The van der Waals surface area contributed by atoms with Crippen molar-refractivity contribution in [3.8, 4) is 0 Å². The van der Waals surface area contributed by atoms with Gasteiger partial charge in [0.15, 0.2) is 5.78 Å². The van der Waals surface area contributed by atoms with E-state index in [-0.39, 0.29) is 23.6 Å². The second kappa shape index (κ2) is 6.14. The Morgan fingerprint density at radius 3 is 2.76 bits per heavy atom. The van der Waals surface area contributed by atoms with Crippen molar-refractivity contribution in [3.05, 3.63) is 62.5 Å². The third-order valence-corrected chi connectivity index (χ3v) is 4.43. The van der Waals surface area contributed by atoms with Crippen LogP contribution in [0.2, 0.25) is 0 Å². The number of carbonyl (C=O) groups excluding carboxylic acids is 1. The number of aliphatic carboxylic acids is 1. The maximum atomic E-state index is 12.6. The number of nitrogens with one attached hydrogen (secondary N) is 1. The molecule has 1 aromatic rings. The monoisotopic (exact) mass is 343 g/mol. The number of Topliss-reactive ketones (excluding diaryl/α,β-unsaturated/α-hetero) is 1. The number of carboxylic acid groups (broad SMARTS) is 1. The van der Waals surface area contributed by atoms with Crippen LogP contribution < -0.4 is 5.32 Å². The molecule has 2 N–H and O–H groups in total. The first-order valence-corrected chi connectivity index (χ1v) is 7.69. The molecular weight excluding hydrogens is 326 g/mol. The summed E-state index contributed by atoms with van der Waals surface area (Å²) in [4.78, 5) is 36.8. The SMILES string of the molecule is CC1=C(C(=O)O)C(c2cccc([N+](=O)[O-])c2)C2=C(CN(C)CC2=O)N1. The van der Waals surface area contributed by atoms with Crippen LogP contribution in [0.5, 0.6) is 0 Å². The van der Waals surface area contributed by atoms with Gasteiger partial charge in [-0.05, 0) is 19.5 Å². The topological polar surface area (TPSA) is 113 Å². The molecule has 130 valence electrons. The van der Waals surface area contributed by atoms with E-state index in [0.29, 0.717) is 29.1 Å². The van der Waals surface area contributed by atoms with Gasteiger partial charge in [0, 0.05) is 41.6 Å². The van der Waals surface area contributed by atoms with Crippen molar-refractivity contribution in [1.82, 2.24) is 10.2 Å². The van der Waals surface area contributed by atoms with E-state index in [1.807, 2.05) is 4.90 Å². The number of benzene rings is 1. The van der Waals surface area contributed by atoms with Gasteiger partial charge >= 0.3 is 5.97 Å². The summed E-state index contributed by atoms with van der Waals surface area (Å²) in [5.74, 6) is -2.16. The zero-order chi connectivity index (χ0) is 18.3. The number of ketones is 1. The molecule has 2 aliphatic heterocycles. The molecule has 0 saturated carbocycles. The third kappa shape index (κ3) is 2.91. The van der Waals surface area contributed by atoms with Gasteiger partial charge in [-0.1, -0.05) is 12.1 Å². The molecule has 2 heterocycles. The first kappa shape index (κ1) is 16.8. The number of carbonyl (C=O) groups is 2. The van der Waals surface area contributed by atoms with Gasteiger partial charge in [0.05, 0.1) is 17.0 Å². The molecule has 0 spiro atoms. The molecule has 3 rings (SSSR count). The van der Waals surface area contributed by atoms with Gasteiger partial charge in [0.25, 0.3) is 5.69 Å². The summed E-state index contributed by atoms with van der Waals surface area (Å²) in [6, 6.07) is 5.80. The van der Waals surface area contributed by atoms with Gasteiger partial charge in [0.1, 0.15) is 0 Å². The number of rotatable bonds is 3. The second-order valence-electron chi connectivity index (χ2n) is 6.24. The lowest BCUT2D eigenvalue weighted by atomic mass is 9.77. The van der Waals surface area contributed by atoms with Gasteiger partial charge in [-0.2, -0.15) is 0 Å². The van der Waals surface area contributed by atoms with Crippen molar-refractivity contribution >= 4 is 17.4 Å². The van der Waals surface area contributed by atoms with E-state index >= 15 is 0 Å². The van der Waals surface area contributed by atoms with Gasteiger partial charge < -0.3 is 10.4 Å². The summed E-state index contributed by atoms with van der Waals surface area (Å²) in [5, 5.41) is 23.8. The fourth-order valence-corrected chi connectivity index (χ4v) is 3.44. The van der Waals surface area contributed by atoms with Crippen LogP contribution in [0.25, 0.3) is 0 Å². The number of carboxylic acids is 1. The average molecular weight is 343 g/mol. The predicted molar refractivity (Wildman–Crippen MR) is 88.8 cm³/mol. The van der Waals surface area contributed by atoms with Crippen molar-refractivity contribution in [3.63, 3.8) is 0 Å². The lowest BCUT2D eigenvalue weighted by molar-refractivity contribution is -0.384. The van der Waals surface area contributed by atoms with Crippen LogP contribution in [-0.4, -0.2) is 46.8 Å². The fraction of sp³-hybridized carbons (Fsp3) is 0.294. The molecule has 0 radical (unpaired) electrons. The van der Waals surface area contributed by atoms with Crippen molar-refractivity contribution in [1.29, 1.82) is 0 Å². The van der Waals surface area contributed by atoms with Gasteiger partial charge in [-0.25, -0.2) is 4.79 Å². The first-order valence-electron chi connectivity index (χ1n) is 7.69. The normalized spacial score (nSPS) is 21.0. The molecule has 0 amide bonds. The summed E-state index contributed by atoms with van der Waals surface area (Å²) < 4.78 is 0. The van der Waals surface area contributed by atoms with Crippen LogP contribution >= 0.6 is 0 Å². The highest BCUT2D eigenvalue weighted by atomic mass is 16.6. The molecule has 0 bridgehead atoms. The first-order chi connectivity index (χ1) is 11.8. The summed E-state index contributed by atoms with van der Waals surface area (Å²) in [5.41, 5.74) is 1.79. The second-order valence-corrected chi connectivity index (χ2v) is 6.24. The smallest absolute Gasteiger partial charge is 0.334 e. The van der Waals surface area contributed by atoms with Crippen molar-refractivity contribution in [2.75, 3.05) is 20.1 Å². The Morgan fingerprint density at radius 1 is 1.40 bits per heavy atom. The lowest BCUT2D eigenvalue weighted by Crippen LogP contribution is -2.43. The van der Waals surface area contributed by atoms with Crippen LogP contribution in [0.1, 0.15) is 18.4 Å². The van der Waals surface area contributed by atoms with Crippen LogP contribution in [0.3, 0.4) is 0 Å². The van der Waals surface area contributed by atoms with E-state index in [0.717, 1.165) is 0 Å². The summed E-state index contributed by atoms with van der Waals surface area (Å²) >= 11 is 0. The molecule has 2 aliphatic rings. The Morgan fingerprint density at radius 2 is 2.12 bits per heavy atom. The van der Waals surface area contributed by atoms with E-state index < -0.39 is 16.8 Å². The van der Waals surface area contributed by atoms with Crippen LogP contribution in [0, 0.1) is 10.1 Å². The Kier molecular flexibility index (Phi) is 4.13. The van der Waals surface area contributed by atoms with Crippen molar-refractivity contribution < 1.29 is 19.6 Å². The van der Waals surface area contributed by atoms with Crippen molar-refractivity contribution in [2.24, 2.45) is 0 Å². The average Bonchev–Trinajstić information content (AvgIpc) is 2.52. The summed E-state index contributed by atoms with van der Waals surface area (Å²) in [6.45, 7) is 2.30. The summed E-state index contributed by atoms with van der Waals surface area (Å²) in [7, 11) is 1.80. The Balaban J connectivity index is 2.21. The number of dihydropyridines is 1. The van der Waals surface area contributed by atoms with Crippen molar-refractivity contribution in [2.45, 2.75) is 12.8 Å². The number of non-ortho nitro benzene ring substituents is 1. The molecule has 25 heavy (non-hydrogen) atoms. The maximum Gasteiger partial charge on any atom is 0.334 e. The van der Waals surface area contributed by atoms with Gasteiger partial charge in [-0.15, -0.1) is 0 Å². The minimum absolute atomic E-state index is 0.0390. The highest BCUT2D eigenvalue weighted by Gasteiger charge is 2.39. The van der Waals surface area contributed by atoms with Gasteiger partial charge in [0.2, 0.25) is 0 Å². The summed E-state index contributed by atoms with van der Waals surface area (Å²) in [6.07, 6.45) is 0. The maximum absolute atomic E-state index is 12.6. The van der Waals surface area contributed by atoms with E-state index in [2.05, 4.69) is 5.32 Å². The van der Waals surface area contributed by atoms with E-state index in [1.165, 1.54) is 18.2 Å². The number of hydrogen-bond donors (Lipinski definition) is 2. The molecule has 1 unspecified atom stereocenters.